The molecule has 0 spiro atoms. The fourth-order valence-corrected chi connectivity index (χ4v) is 0.575. The fraction of sp³-hybridized carbons (Fsp3) is 0.714. The largest absolute Gasteiger partial charge is 0.501 e. The van der Waals surface area contributed by atoms with E-state index in [0.717, 1.165) is 12.8 Å². The Morgan fingerprint density at radius 2 is 2.00 bits per heavy atom. The number of halogens is 3. The molecule has 0 unspecified atom stereocenters. The minimum atomic E-state index is -1.34. The molecular weight excluding hydrogens is 206 g/mol. The van der Waals surface area contributed by atoms with E-state index in [1.165, 1.54) is 12.3 Å². The minimum absolute atomic E-state index is 0.674. The van der Waals surface area contributed by atoms with Gasteiger partial charge < -0.3 is 4.74 Å². The zero-order chi connectivity index (χ0) is 8.74. The molecule has 1 nitrogen and oxygen atoms in total. The summed E-state index contributed by atoms with van der Waals surface area (Å²) in [6, 6.07) is 0. The molecule has 0 aliphatic heterocycles. The van der Waals surface area contributed by atoms with Gasteiger partial charge in [-0.1, -0.05) is 48.1 Å². The number of ether oxygens (including phenoxy) is 1. The monoisotopic (exact) mass is 216 g/mol. The van der Waals surface area contributed by atoms with Crippen LogP contribution >= 0.6 is 34.8 Å². The Hall–Kier alpha value is 0.410. The molecule has 11 heavy (non-hydrogen) atoms. The molecule has 0 rings (SSSR count). The van der Waals surface area contributed by atoms with Crippen LogP contribution in [0, 0.1) is 0 Å². The summed E-state index contributed by atoms with van der Waals surface area (Å²) in [4.78, 5) is 0. The van der Waals surface area contributed by atoms with Crippen molar-refractivity contribution in [3.63, 3.8) is 0 Å². The number of unbranched alkanes of at least 4 members (excludes halogenated alkanes) is 1. The molecule has 0 N–H and O–H groups in total. The van der Waals surface area contributed by atoms with Crippen LogP contribution in [0.5, 0.6) is 0 Å². The van der Waals surface area contributed by atoms with E-state index in [4.69, 9.17) is 39.5 Å². The number of alkyl halides is 3. The van der Waals surface area contributed by atoms with E-state index in [1.54, 1.807) is 0 Å². The minimum Gasteiger partial charge on any atom is -0.501 e. The first-order valence-electron chi connectivity index (χ1n) is 3.42. The first-order chi connectivity index (χ1) is 5.06. The lowest BCUT2D eigenvalue weighted by Gasteiger charge is -2.02. The standard InChI is InChI=1S/C7H11Cl3O/c1-2-3-5-11-6-4-7(8,9)10/h4,6H,2-3,5H2,1H3. The molecule has 0 aromatic heterocycles. The van der Waals surface area contributed by atoms with Gasteiger partial charge >= 0.3 is 0 Å². The van der Waals surface area contributed by atoms with E-state index in [9.17, 15) is 0 Å². The average molecular weight is 218 g/mol. The zero-order valence-corrected chi connectivity index (χ0v) is 8.59. The second-order valence-electron chi connectivity index (χ2n) is 2.07. The molecule has 0 aromatic rings. The number of allylic oxidation sites excluding steroid dienone is 1. The van der Waals surface area contributed by atoms with Gasteiger partial charge in [-0.2, -0.15) is 0 Å². The molecule has 0 aliphatic rings. The maximum absolute atomic E-state index is 5.41. The molecular formula is C7H11Cl3O. The summed E-state index contributed by atoms with van der Waals surface area (Å²) >= 11 is 16.2. The molecule has 0 saturated heterocycles. The van der Waals surface area contributed by atoms with Crippen LogP contribution in [0.15, 0.2) is 12.3 Å². The number of rotatable bonds is 4. The third kappa shape index (κ3) is 10.4. The first-order valence-corrected chi connectivity index (χ1v) is 4.55. The number of hydrogen-bond acceptors (Lipinski definition) is 1. The van der Waals surface area contributed by atoms with Gasteiger partial charge in [0.25, 0.3) is 0 Å². The molecule has 0 aromatic carbocycles. The lowest BCUT2D eigenvalue weighted by molar-refractivity contribution is 0.243. The normalized spacial score (nSPS) is 12.4. The molecule has 0 radical (unpaired) electrons. The highest BCUT2D eigenvalue weighted by atomic mass is 35.6. The summed E-state index contributed by atoms with van der Waals surface area (Å²) in [6.45, 7) is 2.76. The van der Waals surface area contributed by atoms with Gasteiger partial charge in [-0.25, -0.2) is 0 Å². The molecule has 0 saturated carbocycles. The Morgan fingerprint density at radius 3 is 2.45 bits per heavy atom. The van der Waals surface area contributed by atoms with Crippen LogP contribution in [0.2, 0.25) is 0 Å². The quantitative estimate of drug-likeness (QED) is 0.396. The van der Waals surface area contributed by atoms with Gasteiger partial charge in [-0.3, -0.25) is 0 Å². The van der Waals surface area contributed by atoms with Crippen LogP contribution in [0.25, 0.3) is 0 Å². The third-order valence-corrected chi connectivity index (χ3v) is 1.35. The molecule has 66 valence electrons. The Kier molecular flexibility index (Phi) is 6.21. The van der Waals surface area contributed by atoms with Crippen LogP contribution in [-0.2, 0) is 4.74 Å². The summed E-state index contributed by atoms with van der Waals surface area (Å²) in [6.07, 6.45) is 4.92. The van der Waals surface area contributed by atoms with Gasteiger partial charge in [0.2, 0.25) is 3.79 Å². The molecule has 0 bridgehead atoms. The third-order valence-electron chi connectivity index (χ3n) is 0.969. The SMILES string of the molecule is CCCCOC=CC(Cl)(Cl)Cl. The summed E-state index contributed by atoms with van der Waals surface area (Å²) in [5.74, 6) is 0. The maximum Gasteiger partial charge on any atom is 0.212 e. The van der Waals surface area contributed by atoms with Gasteiger partial charge in [-0.15, -0.1) is 0 Å². The molecule has 0 amide bonds. The Labute approximate surface area is 82.3 Å². The summed E-state index contributed by atoms with van der Waals surface area (Å²) in [5, 5.41) is 0. The molecule has 0 aliphatic carbocycles. The lowest BCUT2D eigenvalue weighted by Crippen LogP contribution is -1.95. The topological polar surface area (TPSA) is 9.23 Å². The van der Waals surface area contributed by atoms with Crippen LogP contribution in [0.4, 0.5) is 0 Å². The van der Waals surface area contributed by atoms with E-state index < -0.39 is 3.79 Å². The second kappa shape index (κ2) is 5.99. The summed E-state index contributed by atoms with van der Waals surface area (Å²) < 4.78 is 3.68. The summed E-state index contributed by atoms with van der Waals surface area (Å²) in [5.41, 5.74) is 0. The highest BCUT2D eigenvalue weighted by molar-refractivity contribution is 6.68. The van der Waals surface area contributed by atoms with Crippen molar-refractivity contribution in [2.24, 2.45) is 0 Å². The second-order valence-corrected chi connectivity index (χ2v) is 4.44. The van der Waals surface area contributed by atoms with Crippen LogP contribution in [-0.4, -0.2) is 10.4 Å². The van der Waals surface area contributed by atoms with Crippen molar-refractivity contribution in [3.8, 4) is 0 Å². The Balaban J connectivity index is 3.30. The van der Waals surface area contributed by atoms with Gasteiger partial charge in [0.1, 0.15) is 0 Å². The predicted octanol–water partition coefficient (Wildman–Crippen LogP) is 3.69. The van der Waals surface area contributed by atoms with Crippen LogP contribution in [0.1, 0.15) is 19.8 Å². The van der Waals surface area contributed by atoms with Gasteiger partial charge in [0, 0.05) is 6.08 Å². The van der Waals surface area contributed by atoms with Crippen molar-refractivity contribution < 1.29 is 4.74 Å². The lowest BCUT2D eigenvalue weighted by atomic mass is 10.4. The van der Waals surface area contributed by atoms with Crippen molar-refractivity contribution >= 4 is 34.8 Å². The van der Waals surface area contributed by atoms with Gasteiger partial charge in [0.15, 0.2) is 0 Å². The predicted molar refractivity (Wildman–Crippen MR) is 50.3 cm³/mol. The van der Waals surface area contributed by atoms with E-state index in [2.05, 4.69) is 6.92 Å². The number of hydrogen-bond donors (Lipinski definition) is 0. The maximum atomic E-state index is 5.41. The van der Waals surface area contributed by atoms with Gasteiger partial charge in [0.05, 0.1) is 12.9 Å². The smallest absolute Gasteiger partial charge is 0.212 e. The van der Waals surface area contributed by atoms with Crippen molar-refractivity contribution in [2.45, 2.75) is 23.6 Å². The van der Waals surface area contributed by atoms with Crippen LogP contribution in [0.3, 0.4) is 0 Å². The summed E-state index contributed by atoms with van der Waals surface area (Å²) in [7, 11) is 0. The molecule has 0 fully saturated rings. The van der Waals surface area contributed by atoms with Crippen molar-refractivity contribution in [1.82, 2.24) is 0 Å². The Morgan fingerprint density at radius 1 is 1.36 bits per heavy atom. The van der Waals surface area contributed by atoms with E-state index in [1.807, 2.05) is 0 Å². The average Bonchev–Trinajstić information content (AvgIpc) is 1.85. The first kappa shape index (κ1) is 11.4. The van der Waals surface area contributed by atoms with Crippen LogP contribution < -0.4 is 0 Å². The van der Waals surface area contributed by atoms with Crippen molar-refractivity contribution in [1.29, 1.82) is 0 Å². The van der Waals surface area contributed by atoms with E-state index in [-0.39, 0.29) is 0 Å². The van der Waals surface area contributed by atoms with E-state index >= 15 is 0 Å². The van der Waals surface area contributed by atoms with E-state index in [0.29, 0.717) is 6.61 Å². The fourth-order valence-electron chi connectivity index (χ4n) is 0.421. The molecule has 0 heterocycles. The van der Waals surface area contributed by atoms with Gasteiger partial charge in [-0.05, 0) is 6.42 Å². The molecule has 4 heteroatoms. The van der Waals surface area contributed by atoms with Crippen molar-refractivity contribution in [2.75, 3.05) is 6.61 Å². The Bertz CT molecular complexity index is 117. The zero-order valence-electron chi connectivity index (χ0n) is 6.32. The highest BCUT2D eigenvalue weighted by Gasteiger charge is 2.13. The highest BCUT2D eigenvalue weighted by Crippen LogP contribution is 2.27. The van der Waals surface area contributed by atoms with Crippen molar-refractivity contribution in [3.05, 3.63) is 12.3 Å². The molecule has 0 atom stereocenters.